The Hall–Kier alpha value is -1.64. The van der Waals surface area contributed by atoms with Gasteiger partial charge in [0.1, 0.15) is 0 Å². The van der Waals surface area contributed by atoms with Gasteiger partial charge in [0.05, 0.1) is 11.4 Å². The van der Waals surface area contributed by atoms with E-state index < -0.39 is 0 Å². The molecule has 0 spiro atoms. The van der Waals surface area contributed by atoms with Gasteiger partial charge in [0.15, 0.2) is 0 Å². The van der Waals surface area contributed by atoms with Crippen molar-refractivity contribution in [2.45, 2.75) is 119 Å². The van der Waals surface area contributed by atoms with Gasteiger partial charge in [-0.1, -0.05) is 92.7 Å². The van der Waals surface area contributed by atoms with Crippen LogP contribution in [0.1, 0.15) is 124 Å². The highest BCUT2D eigenvalue weighted by atomic mass is 15.2. The zero-order valence-electron chi connectivity index (χ0n) is 24.4. The topological polar surface area (TPSA) is 9.72 Å². The molecule has 0 N–H and O–H groups in total. The van der Waals surface area contributed by atoms with Crippen molar-refractivity contribution in [1.29, 1.82) is 0 Å². The van der Waals surface area contributed by atoms with Crippen molar-refractivity contribution in [3.8, 4) is 0 Å². The summed E-state index contributed by atoms with van der Waals surface area (Å²) in [4.78, 5) is 7.93. The molecule has 0 aliphatic heterocycles. The van der Waals surface area contributed by atoms with Gasteiger partial charge in [-0.15, -0.1) is 0 Å². The van der Waals surface area contributed by atoms with Crippen LogP contribution in [0.2, 0.25) is 0 Å². The first-order valence-electron chi connectivity index (χ1n) is 15.1. The smallest absolute Gasteiger partial charge is 0.0704 e. The fourth-order valence-electron chi connectivity index (χ4n) is 4.67. The van der Waals surface area contributed by atoms with Crippen LogP contribution < -0.4 is 14.7 Å². The van der Waals surface area contributed by atoms with Gasteiger partial charge in [0, 0.05) is 56.6 Å². The van der Waals surface area contributed by atoms with E-state index in [1.165, 1.54) is 99.7 Å². The van der Waals surface area contributed by atoms with Crippen molar-refractivity contribution in [3.05, 3.63) is 24.3 Å². The van der Waals surface area contributed by atoms with E-state index in [2.05, 4.69) is 81.0 Å². The van der Waals surface area contributed by atoms with Crippen molar-refractivity contribution < 1.29 is 0 Å². The lowest BCUT2D eigenvalue weighted by Crippen LogP contribution is -2.33. The molecule has 0 atom stereocenters. The summed E-state index contributed by atoms with van der Waals surface area (Å²) in [5.41, 5.74) is 5.37. The molecule has 3 nitrogen and oxygen atoms in total. The van der Waals surface area contributed by atoms with Crippen molar-refractivity contribution in [1.82, 2.24) is 0 Å². The SMILES string of the molecule is C=Cc1c(N(CCCC)CCCC)c[c]c(N(CCCC)CCCC)c1N(CCCC)CCCC. The minimum Gasteiger partial charge on any atom is -0.371 e. The minimum atomic E-state index is 1.11. The molecule has 0 heterocycles. The number of unbranched alkanes of at least 4 members (excludes halogenated alkanes) is 6. The fraction of sp³-hybridized carbons (Fsp3) is 0.750. The average Bonchev–Trinajstić information content (AvgIpc) is 2.88. The van der Waals surface area contributed by atoms with Gasteiger partial charge in [0.25, 0.3) is 0 Å². The first-order valence-corrected chi connectivity index (χ1v) is 15.1. The van der Waals surface area contributed by atoms with Crippen LogP contribution in [-0.4, -0.2) is 39.3 Å². The Morgan fingerprint density at radius 2 is 0.971 bits per heavy atom. The van der Waals surface area contributed by atoms with Crippen molar-refractivity contribution >= 4 is 23.1 Å². The molecule has 0 aromatic heterocycles. The molecule has 1 aromatic carbocycles. The predicted octanol–water partition coefficient (Wildman–Crippen LogP) is 9.35. The normalized spacial score (nSPS) is 11.0. The van der Waals surface area contributed by atoms with Crippen molar-refractivity contribution in [3.63, 3.8) is 0 Å². The number of benzene rings is 1. The van der Waals surface area contributed by atoms with Gasteiger partial charge in [0.2, 0.25) is 0 Å². The second-order valence-electron chi connectivity index (χ2n) is 10.1. The van der Waals surface area contributed by atoms with Gasteiger partial charge in [-0.05, 0) is 44.6 Å². The first-order chi connectivity index (χ1) is 17.1. The van der Waals surface area contributed by atoms with Crippen LogP contribution in [-0.2, 0) is 0 Å². The molecule has 0 amide bonds. The number of hydrogen-bond donors (Lipinski definition) is 0. The van der Waals surface area contributed by atoms with Crippen LogP contribution in [0.25, 0.3) is 6.08 Å². The van der Waals surface area contributed by atoms with Gasteiger partial charge in [-0.3, -0.25) is 0 Å². The summed E-state index contributed by atoms with van der Waals surface area (Å²) in [6.45, 7) is 24.9. The first kappa shape index (κ1) is 31.4. The zero-order valence-corrected chi connectivity index (χ0v) is 24.4. The molecule has 3 heteroatoms. The van der Waals surface area contributed by atoms with Gasteiger partial charge < -0.3 is 14.7 Å². The quantitative estimate of drug-likeness (QED) is 0.162. The molecule has 0 saturated heterocycles. The lowest BCUT2D eigenvalue weighted by Gasteiger charge is -2.36. The summed E-state index contributed by atoms with van der Waals surface area (Å²) in [5, 5.41) is 0. The Morgan fingerprint density at radius 3 is 1.34 bits per heavy atom. The van der Waals surface area contributed by atoms with E-state index in [1.54, 1.807) is 0 Å². The molecule has 0 fully saturated rings. The van der Waals surface area contributed by atoms with E-state index in [4.69, 9.17) is 0 Å². The monoisotopic (exact) mass is 484 g/mol. The summed E-state index contributed by atoms with van der Waals surface area (Å²) >= 11 is 0. The largest absolute Gasteiger partial charge is 0.371 e. The van der Waals surface area contributed by atoms with Crippen LogP contribution >= 0.6 is 0 Å². The maximum Gasteiger partial charge on any atom is 0.0704 e. The lowest BCUT2D eigenvalue weighted by molar-refractivity contribution is 0.659. The second-order valence-corrected chi connectivity index (χ2v) is 10.1. The Balaban J connectivity index is 3.71. The molecule has 1 rings (SSSR count). The highest BCUT2D eigenvalue weighted by Gasteiger charge is 2.23. The van der Waals surface area contributed by atoms with E-state index in [1.807, 2.05) is 0 Å². The summed E-state index contributed by atoms with van der Waals surface area (Å²) < 4.78 is 0. The molecule has 1 radical (unpaired) electrons. The Kier molecular flexibility index (Phi) is 17.5. The zero-order chi connectivity index (χ0) is 25.9. The molecule has 35 heavy (non-hydrogen) atoms. The van der Waals surface area contributed by atoms with E-state index in [0.717, 1.165) is 39.3 Å². The Bertz CT molecular complexity index is 645. The number of nitrogens with zero attached hydrogens (tertiary/aromatic N) is 3. The van der Waals surface area contributed by atoms with Crippen LogP contribution in [0, 0.1) is 6.07 Å². The standard InChI is InChI=1S/C32H58N3/c1-8-15-23-33(24-16-9-2)30-21-22-31(34(25-17-10-3)26-18-11-4)32(29(30)14-7)35(27-19-12-5)28-20-13-6/h14,21H,7-13,15-20,23-28H2,1-6H3. The maximum absolute atomic E-state index is 4.38. The molecule has 0 aliphatic carbocycles. The predicted molar refractivity (Wildman–Crippen MR) is 161 cm³/mol. The number of anilines is 3. The van der Waals surface area contributed by atoms with Crippen molar-refractivity contribution in [2.75, 3.05) is 54.0 Å². The number of hydrogen-bond acceptors (Lipinski definition) is 3. The van der Waals surface area contributed by atoms with E-state index >= 15 is 0 Å². The average molecular weight is 485 g/mol. The molecule has 0 unspecified atom stereocenters. The van der Waals surface area contributed by atoms with Crippen LogP contribution in [0.3, 0.4) is 0 Å². The van der Waals surface area contributed by atoms with Crippen molar-refractivity contribution in [2.24, 2.45) is 0 Å². The summed E-state index contributed by atoms with van der Waals surface area (Å²) in [6, 6.07) is 6.16. The summed E-state index contributed by atoms with van der Waals surface area (Å²) in [7, 11) is 0. The second kappa shape index (κ2) is 19.5. The van der Waals surface area contributed by atoms with Gasteiger partial charge in [-0.2, -0.15) is 0 Å². The third-order valence-electron chi connectivity index (χ3n) is 6.97. The fourth-order valence-corrected chi connectivity index (χ4v) is 4.67. The molecule has 0 saturated carbocycles. The third kappa shape index (κ3) is 10.5. The Labute approximate surface area is 220 Å². The minimum absolute atomic E-state index is 1.11. The van der Waals surface area contributed by atoms with E-state index in [-0.39, 0.29) is 0 Å². The molecule has 0 bridgehead atoms. The summed E-state index contributed by atoms with van der Waals surface area (Å²) in [5.74, 6) is 0. The molecule has 1 aromatic rings. The molecular weight excluding hydrogens is 426 g/mol. The summed E-state index contributed by atoms with van der Waals surface area (Å²) in [6.07, 6.45) is 16.8. The Morgan fingerprint density at radius 1 is 0.600 bits per heavy atom. The van der Waals surface area contributed by atoms with Crippen LogP contribution in [0.5, 0.6) is 0 Å². The van der Waals surface area contributed by atoms with Crippen LogP contribution in [0.4, 0.5) is 17.1 Å². The molecular formula is C32H58N3. The van der Waals surface area contributed by atoms with Gasteiger partial charge in [-0.25, -0.2) is 0 Å². The molecule has 0 aliphatic rings. The highest BCUT2D eigenvalue weighted by molar-refractivity contribution is 5.88. The third-order valence-corrected chi connectivity index (χ3v) is 6.97. The lowest BCUT2D eigenvalue weighted by atomic mass is 10.0. The van der Waals surface area contributed by atoms with Crippen LogP contribution in [0.15, 0.2) is 12.6 Å². The molecule has 201 valence electrons. The van der Waals surface area contributed by atoms with E-state index in [9.17, 15) is 0 Å². The maximum atomic E-state index is 4.38. The highest BCUT2D eigenvalue weighted by Crippen LogP contribution is 2.40. The van der Waals surface area contributed by atoms with Gasteiger partial charge >= 0.3 is 0 Å². The number of rotatable bonds is 22. The van der Waals surface area contributed by atoms with E-state index in [0.29, 0.717) is 0 Å².